The van der Waals surface area contributed by atoms with Crippen LogP contribution in [-0.2, 0) is 0 Å². The van der Waals surface area contributed by atoms with Crippen LogP contribution >= 0.6 is 11.3 Å². The number of nitro benzene ring substituents is 1. The van der Waals surface area contributed by atoms with Gasteiger partial charge in [0, 0.05) is 18.6 Å². The van der Waals surface area contributed by atoms with Crippen molar-refractivity contribution in [2.75, 3.05) is 6.61 Å². The number of ketones is 1. The quantitative estimate of drug-likeness (QED) is 0.337. The van der Waals surface area contributed by atoms with Crippen molar-refractivity contribution >= 4 is 22.8 Å². The Labute approximate surface area is 124 Å². The van der Waals surface area contributed by atoms with Crippen LogP contribution in [0.25, 0.3) is 0 Å². The SMILES string of the molecule is O=C(CCCOc1ccc([N+](=O)[O-])c(F)c1)c1cccs1. The molecule has 0 fully saturated rings. The molecule has 110 valence electrons. The zero-order chi connectivity index (χ0) is 15.2. The molecule has 21 heavy (non-hydrogen) atoms. The number of carbonyl (C=O) groups is 1. The molecule has 0 amide bonds. The Morgan fingerprint density at radius 3 is 2.81 bits per heavy atom. The predicted molar refractivity (Wildman–Crippen MR) is 76.4 cm³/mol. The molecule has 0 atom stereocenters. The molecule has 0 bridgehead atoms. The van der Waals surface area contributed by atoms with Crippen molar-refractivity contribution in [2.45, 2.75) is 12.8 Å². The molecular weight excluding hydrogens is 297 g/mol. The molecule has 0 unspecified atom stereocenters. The standard InChI is InChI=1S/C14H12FNO4S/c15-11-9-10(5-6-12(11)16(18)19)20-7-1-3-13(17)14-4-2-8-21-14/h2,4-6,8-9H,1,3,7H2. The van der Waals surface area contributed by atoms with Crippen molar-refractivity contribution < 1.29 is 18.8 Å². The molecule has 0 aliphatic heterocycles. The van der Waals surface area contributed by atoms with Crippen LogP contribution in [0.2, 0.25) is 0 Å². The van der Waals surface area contributed by atoms with Crippen molar-refractivity contribution in [3.8, 4) is 5.75 Å². The first-order valence-corrected chi connectivity index (χ1v) is 7.09. The van der Waals surface area contributed by atoms with E-state index in [1.54, 1.807) is 6.07 Å². The van der Waals surface area contributed by atoms with Gasteiger partial charge in [-0.05, 0) is 23.9 Å². The summed E-state index contributed by atoms with van der Waals surface area (Å²) in [5, 5.41) is 12.3. The van der Waals surface area contributed by atoms with E-state index in [0.29, 0.717) is 17.7 Å². The smallest absolute Gasteiger partial charge is 0.305 e. The molecule has 5 nitrogen and oxygen atoms in total. The Balaban J connectivity index is 1.80. The van der Waals surface area contributed by atoms with Crippen molar-refractivity contribution in [1.82, 2.24) is 0 Å². The van der Waals surface area contributed by atoms with Gasteiger partial charge in [-0.3, -0.25) is 14.9 Å². The Kier molecular flexibility index (Phi) is 4.99. The van der Waals surface area contributed by atoms with E-state index in [0.717, 1.165) is 12.1 Å². The van der Waals surface area contributed by atoms with Crippen LogP contribution in [0.3, 0.4) is 0 Å². The summed E-state index contributed by atoms with van der Waals surface area (Å²) in [6, 6.07) is 6.94. The van der Waals surface area contributed by atoms with E-state index < -0.39 is 16.4 Å². The molecule has 2 rings (SSSR count). The third-order valence-electron chi connectivity index (χ3n) is 2.73. The van der Waals surface area contributed by atoms with Gasteiger partial charge in [-0.2, -0.15) is 4.39 Å². The van der Waals surface area contributed by atoms with Crippen molar-refractivity contribution in [1.29, 1.82) is 0 Å². The van der Waals surface area contributed by atoms with Crippen LogP contribution in [0.15, 0.2) is 35.7 Å². The average Bonchev–Trinajstić information content (AvgIpc) is 2.97. The second-order valence-corrected chi connectivity index (χ2v) is 5.17. The fraction of sp³-hybridized carbons (Fsp3) is 0.214. The highest BCUT2D eigenvalue weighted by molar-refractivity contribution is 7.12. The number of thiophene rings is 1. The van der Waals surface area contributed by atoms with E-state index in [2.05, 4.69) is 0 Å². The molecule has 0 saturated carbocycles. The Bertz CT molecular complexity index is 642. The van der Waals surface area contributed by atoms with Gasteiger partial charge in [0.2, 0.25) is 5.82 Å². The van der Waals surface area contributed by atoms with Crippen LogP contribution in [0.5, 0.6) is 5.75 Å². The number of benzene rings is 1. The molecule has 2 aromatic rings. The van der Waals surface area contributed by atoms with Crippen LogP contribution < -0.4 is 4.74 Å². The lowest BCUT2D eigenvalue weighted by Gasteiger charge is -2.05. The minimum absolute atomic E-state index is 0.0449. The van der Waals surface area contributed by atoms with Gasteiger partial charge < -0.3 is 4.74 Å². The maximum absolute atomic E-state index is 13.3. The fourth-order valence-electron chi connectivity index (χ4n) is 1.71. The number of ether oxygens (including phenoxy) is 1. The lowest BCUT2D eigenvalue weighted by atomic mass is 10.2. The molecule has 0 N–H and O–H groups in total. The Hall–Kier alpha value is -2.28. The van der Waals surface area contributed by atoms with E-state index in [-0.39, 0.29) is 18.1 Å². The monoisotopic (exact) mass is 309 g/mol. The second kappa shape index (κ2) is 6.94. The molecule has 0 spiro atoms. The number of hydrogen-bond donors (Lipinski definition) is 0. The Morgan fingerprint density at radius 2 is 2.19 bits per heavy atom. The van der Waals surface area contributed by atoms with E-state index >= 15 is 0 Å². The van der Waals surface area contributed by atoms with Crippen LogP contribution in [0.4, 0.5) is 10.1 Å². The minimum atomic E-state index is -0.938. The Morgan fingerprint density at radius 1 is 1.38 bits per heavy atom. The first kappa shape index (κ1) is 15.1. The van der Waals surface area contributed by atoms with Crippen molar-refractivity contribution in [2.24, 2.45) is 0 Å². The number of Topliss-reactive ketones (excluding diaryl/α,β-unsaturated/α-hetero) is 1. The number of rotatable bonds is 7. The number of hydrogen-bond acceptors (Lipinski definition) is 5. The predicted octanol–water partition coefficient (Wildman–Crippen LogP) is 3.84. The summed E-state index contributed by atoms with van der Waals surface area (Å²) < 4.78 is 18.6. The average molecular weight is 309 g/mol. The third kappa shape index (κ3) is 4.09. The first-order chi connectivity index (χ1) is 10.1. The number of carbonyl (C=O) groups excluding carboxylic acids is 1. The summed E-state index contributed by atoms with van der Waals surface area (Å²) in [5.41, 5.74) is -0.588. The first-order valence-electron chi connectivity index (χ1n) is 6.21. The summed E-state index contributed by atoms with van der Waals surface area (Å²) in [6.07, 6.45) is 0.839. The largest absolute Gasteiger partial charge is 0.493 e. The highest BCUT2D eigenvalue weighted by Gasteiger charge is 2.14. The number of nitrogens with zero attached hydrogens (tertiary/aromatic N) is 1. The third-order valence-corrected chi connectivity index (χ3v) is 3.64. The summed E-state index contributed by atoms with van der Waals surface area (Å²) in [4.78, 5) is 22.1. The number of halogens is 1. The zero-order valence-electron chi connectivity index (χ0n) is 11.0. The fourth-order valence-corrected chi connectivity index (χ4v) is 2.40. The molecule has 0 radical (unpaired) electrons. The summed E-state index contributed by atoms with van der Waals surface area (Å²) in [6.45, 7) is 0.244. The van der Waals surface area contributed by atoms with Gasteiger partial charge in [0.15, 0.2) is 5.78 Å². The van der Waals surface area contributed by atoms with E-state index in [1.165, 1.54) is 17.4 Å². The molecule has 1 aromatic heterocycles. The van der Waals surface area contributed by atoms with E-state index in [9.17, 15) is 19.3 Å². The van der Waals surface area contributed by atoms with Gasteiger partial charge in [0.05, 0.1) is 16.4 Å². The van der Waals surface area contributed by atoms with Gasteiger partial charge in [-0.1, -0.05) is 6.07 Å². The molecule has 7 heteroatoms. The van der Waals surface area contributed by atoms with Crippen LogP contribution in [-0.4, -0.2) is 17.3 Å². The minimum Gasteiger partial charge on any atom is -0.493 e. The maximum atomic E-state index is 13.3. The van der Waals surface area contributed by atoms with Gasteiger partial charge in [0.1, 0.15) is 5.75 Å². The molecular formula is C14H12FNO4S. The van der Waals surface area contributed by atoms with Crippen LogP contribution in [0.1, 0.15) is 22.5 Å². The second-order valence-electron chi connectivity index (χ2n) is 4.22. The highest BCUT2D eigenvalue weighted by Crippen LogP contribution is 2.22. The van der Waals surface area contributed by atoms with Gasteiger partial charge in [0.25, 0.3) is 0 Å². The molecule has 0 aliphatic rings. The van der Waals surface area contributed by atoms with Crippen LogP contribution in [0, 0.1) is 15.9 Å². The maximum Gasteiger partial charge on any atom is 0.305 e. The lowest BCUT2D eigenvalue weighted by molar-refractivity contribution is -0.387. The topological polar surface area (TPSA) is 69.4 Å². The summed E-state index contributed by atoms with van der Waals surface area (Å²) in [7, 11) is 0. The van der Waals surface area contributed by atoms with E-state index in [1.807, 2.05) is 11.4 Å². The molecule has 0 saturated heterocycles. The molecule has 1 heterocycles. The van der Waals surface area contributed by atoms with Crippen molar-refractivity contribution in [3.05, 3.63) is 56.5 Å². The van der Waals surface area contributed by atoms with E-state index in [4.69, 9.17) is 4.74 Å². The molecule has 1 aromatic carbocycles. The normalized spacial score (nSPS) is 10.3. The lowest BCUT2D eigenvalue weighted by Crippen LogP contribution is -2.03. The molecule has 0 aliphatic carbocycles. The van der Waals surface area contributed by atoms with Gasteiger partial charge in [-0.25, -0.2) is 0 Å². The highest BCUT2D eigenvalue weighted by atomic mass is 32.1. The van der Waals surface area contributed by atoms with Gasteiger partial charge in [-0.15, -0.1) is 11.3 Å². The summed E-state index contributed by atoms with van der Waals surface area (Å²) >= 11 is 1.39. The van der Waals surface area contributed by atoms with Crippen molar-refractivity contribution in [3.63, 3.8) is 0 Å². The zero-order valence-corrected chi connectivity index (χ0v) is 11.8. The number of nitro groups is 1. The van der Waals surface area contributed by atoms with Gasteiger partial charge >= 0.3 is 5.69 Å². The summed E-state index contributed by atoms with van der Waals surface area (Å²) in [5.74, 6) is -0.683.